The van der Waals surface area contributed by atoms with Crippen LogP contribution in [0.4, 0.5) is 0 Å². The van der Waals surface area contributed by atoms with Gasteiger partial charge in [0.2, 0.25) is 0 Å². The molecule has 0 amide bonds. The minimum atomic E-state index is 0.0153. The zero-order valence-electron chi connectivity index (χ0n) is 14.4. The monoisotopic (exact) mass is 342 g/mol. The number of benzene rings is 1. The van der Waals surface area contributed by atoms with Crippen molar-refractivity contribution >= 4 is 21.6 Å². The van der Waals surface area contributed by atoms with E-state index in [0.717, 1.165) is 16.3 Å². The van der Waals surface area contributed by atoms with Crippen LogP contribution in [0.1, 0.15) is 38.7 Å². The SMILES string of the molecule is C[C@@H](n1ccc2nc(COc3ccccc3)sc2c1=O)C(C)(C)C. The Balaban J connectivity index is 1.89. The average Bonchev–Trinajstić information content (AvgIpc) is 2.97. The van der Waals surface area contributed by atoms with Crippen molar-refractivity contribution in [2.75, 3.05) is 0 Å². The molecule has 0 saturated heterocycles. The van der Waals surface area contributed by atoms with Gasteiger partial charge in [-0.3, -0.25) is 4.79 Å². The first kappa shape index (κ1) is 16.7. The molecule has 3 rings (SSSR count). The molecule has 126 valence electrons. The quantitative estimate of drug-likeness (QED) is 0.693. The molecule has 0 aliphatic rings. The summed E-state index contributed by atoms with van der Waals surface area (Å²) in [6, 6.07) is 11.7. The Morgan fingerprint density at radius 2 is 1.92 bits per heavy atom. The topological polar surface area (TPSA) is 44.1 Å². The van der Waals surface area contributed by atoms with Gasteiger partial charge in [0.15, 0.2) is 0 Å². The predicted molar refractivity (Wildman–Crippen MR) is 98.8 cm³/mol. The molecule has 0 saturated carbocycles. The minimum Gasteiger partial charge on any atom is -0.486 e. The molecule has 0 N–H and O–H groups in total. The molecule has 1 atom stereocenters. The molecule has 4 nitrogen and oxygen atoms in total. The van der Waals surface area contributed by atoms with E-state index in [1.165, 1.54) is 11.3 Å². The fourth-order valence-corrected chi connectivity index (χ4v) is 3.33. The van der Waals surface area contributed by atoms with Crippen LogP contribution >= 0.6 is 11.3 Å². The van der Waals surface area contributed by atoms with E-state index in [0.29, 0.717) is 11.3 Å². The highest BCUT2D eigenvalue weighted by Crippen LogP contribution is 2.29. The van der Waals surface area contributed by atoms with Crippen molar-refractivity contribution in [1.29, 1.82) is 0 Å². The predicted octanol–water partition coefficient (Wildman–Crippen LogP) is 4.64. The summed E-state index contributed by atoms with van der Waals surface area (Å²) < 4.78 is 8.24. The highest BCUT2D eigenvalue weighted by Gasteiger charge is 2.23. The molecule has 5 heteroatoms. The summed E-state index contributed by atoms with van der Waals surface area (Å²) in [5.41, 5.74) is 0.786. The van der Waals surface area contributed by atoms with Crippen molar-refractivity contribution in [3.05, 3.63) is 58.0 Å². The first-order chi connectivity index (χ1) is 11.4. The third-order valence-corrected chi connectivity index (χ3v) is 5.33. The molecule has 0 bridgehead atoms. The molecule has 0 radical (unpaired) electrons. The van der Waals surface area contributed by atoms with Gasteiger partial charge in [-0.25, -0.2) is 4.98 Å². The van der Waals surface area contributed by atoms with Crippen LogP contribution in [0.25, 0.3) is 10.2 Å². The lowest BCUT2D eigenvalue weighted by Crippen LogP contribution is -2.30. The van der Waals surface area contributed by atoms with Crippen molar-refractivity contribution in [3.63, 3.8) is 0 Å². The highest BCUT2D eigenvalue weighted by atomic mass is 32.1. The van der Waals surface area contributed by atoms with Gasteiger partial charge in [0, 0.05) is 12.2 Å². The normalized spacial score (nSPS) is 13.2. The van der Waals surface area contributed by atoms with Gasteiger partial charge in [-0.2, -0.15) is 0 Å². The Morgan fingerprint density at radius 3 is 2.58 bits per heavy atom. The largest absolute Gasteiger partial charge is 0.486 e. The summed E-state index contributed by atoms with van der Waals surface area (Å²) in [6.45, 7) is 8.87. The number of hydrogen-bond acceptors (Lipinski definition) is 4. The number of rotatable bonds is 4. The van der Waals surface area contributed by atoms with Crippen molar-refractivity contribution in [1.82, 2.24) is 9.55 Å². The van der Waals surface area contributed by atoms with Crippen LogP contribution in [0.3, 0.4) is 0 Å². The Labute approximate surface area is 145 Å². The molecule has 0 fully saturated rings. The zero-order chi connectivity index (χ0) is 17.3. The molecule has 2 heterocycles. The molecule has 0 aliphatic heterocycles. The molecule has 24 heavy (non-hydrogen) atoms. The molecule has 0 spiro atoms. The van der Waals surface area contributed by atoms with Crippen molar-refractivity contribution in [2.24, 2.45) is 5.41 Å². The number of ether oxygens (including phenoxy) is 1. The Morgan fingerprint density at radius 1 is 1.21 bits per heavy atom. The van der Waals surface area contributed by atoms with E-state index in [2.05, 4.69) is 32.7 Å². The van der Waals surface area contributed by atoms with Gasteiger partial charge in [0.05, 0.1) is 5.52 Å². The lowest BCUT2D eigenvalue weighted by atomic mass is 9.88. The van der Waals surface area contributed by atoms with Crippen LogP contribution in [0, 0.1) is 5.41 Å². The van der Waals surface area contributed by atoms with Crippen LogP contribution in [-0.2, 0) is 6.61 Å². The summed E-state index contributed by atoms with van der Waals surface area (Å²) >= 11 is 1.42. The highest BCUT2D eigenvalue weighted by molar-refractivity contribution is 7.18. The maximum atomic E-state index is 12.8. The van der Waals surface area contributed by atoms with Gasteiger partial charge in [0.1, 0.15) is 22.1 Å². The molecule has 0 unspecified atom stereocenters. The van der Waals surface area contributed by atoms with Gasteiger partial charge >= 0.3 is 0 Å². The fraction of sp³-hybridized carbons (Fsp3) is 0.368. The summed E-state index contributed by atoms with van der Waals surface area (Å²) in [5.74, 6) is 0.801. The van der Waals surface area contributed by atoms with Crippen molar-refractivity contribution in [3.8, 4) is 5.75 Å². The molecule has 2 aromatic heterocycles. The number of hydrogen-bond donors (Lipinski definition) is 0. The van der Waals surface area contributed by atoms with Gasteiger partial charge in [-0.1, -0.05) is 39.0 Å². The third kappa shape index (κ3) is 3.36. The number of thiazole rings is 1. The number of aromatic nitrogens is 2. The van der Waals surface area contributed by atoms with Gasteiger partial charge in [-0.15, -0.1) is 11.3 Å². The van der Waals surface area contributed by atoms with E-state index in [4.69, 9.17) is 4.74 Å². The second-order valence-corrected chi connectivity index (χ2v) is 8.08. The molecular formula is C19H22N2O2S. The van der Waals surface area contributed by atoms with Crippen molar-refractivity contribution in [2.45, 2.75) is 40.3 Å². The lowest BCUT2D eigenvalue weighted by Gasteiger charge is -2.28. The summed E-state index contributed by atoms with van der Waals surface area (Å²) in [6.07, 6.45) is 1.85. The van der Waals surface area contributed by atoms with Crippen LogP contribution in [0.15, 0.2) is 47.4 Å². The van der Waals surface area contributed by atoms with E-state index in [1.807, 2.05) is 47.2 Å². The zero-order valence-corrected chi connectivity index (χ0v) is 15.3. The molecule has 0 aliphatic carbocycles. The number of pyridine rings is 1. The Bertz CT molecular complexity index is 891. The Kier molecular flexibility index (Phi) is 4.45. The van der Waals surface area contributed by atoms with E-state index < -0.39 is 0 Å². The first-order valence-electron chi connectivity index (χ1n) is 8.04. The maximum absolute atomic E-state index is 12.8. The molecule has 1 aromatic carbocycles. The number of nitrogens with zero attached hydrogens (tertiary/aromatic N) is 2. The number of para-hydroxylation sites is 1. The van der Waals surface area contributed by atoms with Crippen LogP contribution in [0.2, 0.25) is 0 Å². The second-order valence-electron chi connectivity index (χ2n) is 6.99. The minimum absolute atomic E-state index is 0.0153. The van der Waals surface area contributed by atoms with E-state index in [9.17, 15) is 4.79 Å². The van der Waals surface area contributed by atoms with Crippen molar-refractivity contribution < 1.29 is 4.74 Å². The summed E-state index contributed by atoms with van der Waals surface area (Å²) in [5, 5.41) is 0.812. The molecular weight excluding hydrogens is 320 g/mol. The summed E-state index contributed by atoms with van der Waals surface area (Å²) in [4.78, 5) is 17.3. The van der Waals surface area contributed by atoms with Gasteiger partial charge in [-0.05, 0) is 30.5 Å². The first-order valence-corrected chi connectivity index (χ1v) is 8.86. The van der Waals surface area contributed by atoms with Crippen LogP contribution in [-0.4, -0.2) is 9.55 Å². The smallest absolute Gasteiger partial charge is 0.270 e. The van der Waals surface area contributed by atoms with Gasteiger partial charge in [0.25, 0.3) is 5.56 Å². The van der Waals surface area contributed by atoms with E-state index in [-0.39, 0.29) is 17.0 Å². The maximum Gasteiger partial charge on any atom is 0.270 e. The van der Waals surface area contributed by atoms with E-state index in [1.54, 1.807) is 0 Å². The fourth-order valence-electron chi connectivity index (χ4n) is 2.43. The standard InChI is InChI=1S/C19H22N2O2S/c1-13(19(2,3)4)21-11-10-15-17(18(21)22)24-16(20-15)12-23-14-8-6-5-7-9-14/h5-11,13H,12H2,1-4H3/t13-/m1/s1. The molecule has 3 aromatic rings. The lowest BCUT2D eigenvalue weighted by molar-refractivity contribution is 0.258. The average molecular weight is 342 g/mol. The Hall–Kier alpha value is -2.14. The third-order valence-electron chi connectivity index (χ3n) is 4.30. The summed E-state index contributed by atoms with van der Waals surface area (Å²) in [7, 11) is 0. The van der Waals surface area contributed by atoms with Gasteiger partial charge < -0.3 is 9.30 Å². The second kappa shape index (κ2) is 6.40. The number of fused-ring (bicyclic) bond motifs is 1. The van der Waals surface area contributed by atoms with E-state index >= 15 is 0 Å². The van der Waals surface area contributed by atoms with Crippen LogP contribution in [0.5, 0.6) is 5.75 Å². The van der Waals surface area contributed by atoms with Crippen LogP contribution < -0.4 is 10.3 Å².